The monoisotopic (exact) mass is 344 g/mol. The number of fused-ring (bicyclic) bond motifs is 1. The Bertz CT molecular complexity index is 906. The third-order valence-corrected chi connectivity index (χ3v) is 5.67. The molecule has 1 aliphatic heterocycles. The van der Waals surface area contributed by atoms with Crippen LogP contribution in [0.2, 0.25) is 0 Å². The minimum absolute atomic E-state index is 0.312. The summed E-state index contributed by atoms with van der Waals surface area (Å²) < 4.78 is 2.44. The van der Waals surface area contributed by atoms with Crippen LogP contribution in [0.5, 0.6) is 0 Å². The number of hydrogen-bond donors (Lipinski definition) is 0. The highest BCUT2D eigenvalue weighted by Crippen LogP contribution is 2.33. The molecular formula is C24H28N2. The quantitative estimate of drug-likeness (QED) is 0.617. The first-order valence-corrected chi connectivity index (χ1v) is 9.63. The van der Waals surface area contributed by atoms with Gasteiger partial charge in [-0.2, -0.15) is 0 Å². The van der Waals surface area contributed by atoms with E-state index >= 15 is 0 Å². The number of nitrogens with zero attached hydrogens (tertiary/aromatic N) is 2. The second-order valence-electron chi connectivity index (χ2n) is 7.69. The van der Waals surface area contributed by atoms with Crippen molar-refractivity contribution in [2.75, 3.05) is 6.54 Å². The van der Waals surface area contributed by atoms with Crippen LogP contribution in [0, 0.1) is 20.8 Å². The van der Waals surface area contributed by atoms with Crippen molar-refractivity contribution >= 4 is 0 Å². The number of aryl methyl sites for hydroxylation is 4. The Morgan fingerprint density at radius 2 is 1.77 bits per heavy atom. The molecule has 2 nitrogen and oxygen atoms in total. The fraction of sp³-hybridized carbons (Fsp3) is 0.333. The van der Waals surface area contributed by atoms with Gasteiger partial charge in [0.1, 0.15) is 0 Å². The fourth-order valence-electron chi connectivity index (χ4n) is 4.17. The zero-order valence-electron chi connectivity index (χ0n) is 16.1. The van der Waals surface area contributed by atoms with Gasteiger partial charge in [-0.1, -0.05) is 48.0 Å². The van der Waals surface area contributed by atoms with E-state index in [4.69, 9.17) is 0 Å². The lowest BCUT2D eigenvalue weighted by atomic mass is 9.97. The number of rotatable bonds is 3. The van der Waals surface area contributed by atoms with E-state index in [2.05, 4.69) is 91.0 Å². The molecule has 2 heterocycles. The molecule has 0 radical (unpaired) electrons. The standard InChI is InChI=1S/C24H28N2/c1-18-7-4-8-21(15-18)17-26-14-6-13-25-12-5-9-23(25)24(26)22-11-10-19(2)20(3)16-22/h4-5,7-12,15-16,24H,6,13-14,17H2,1-3H3/t24-/m0/s1. The lowest BCUT2D eigenvalue weighted by molar-refractivity contribution is 0.220. The van der Waals surface area contributed by atoms with E-state index in [0.29, 0.717) is 6.04 Å². The van der Waals surface area contributed by atoms with E-state index in [0.717, 1.165) is 19.6 Å². The number of benzene rings is 2. The second kappa shape index (κ2) is 7.13. The normalized spacial score (nSPS) is 17.7. The topological polar surface area (TPSA) is 8.17 Å². The molecule has 3 aromatic rings. The molecule has 0 spiro atoms. The van der Waals surface area contributed by atoms with Crippen molar-refractivity contribution < 1.29 is 0 Å². The Kier molecular flexibility index (Phi) is 4.69. The van der Waals surface area contributed by atoms with Crippen LogP contribution in [-0.4, -0.2) is 16.0 Å². The molecule has 0 bridgehead atoms. The number of hydrogen-bond acceptors (Lipinski definition) is 1. The summed E-state index contributed by atoms with van der Waals surface area (Å²) in [6, 6.07) is 20.7. The van der Waals surface area contributed by atoms with Gasteiger partial charge in [0.2, 0.25) is 0 Å². The molecule has 2 heteroatoms. The van der Waals surface area contributed by atoms with Crippen LogP contribution < -0.4 is 0 Å². The van der Waals surface area contributed by atoms with Gasteiger partial charge in [-0.05, 0) is 61.6 Å². The van der Waals surface area contributed by atoms with Crippen LogP contribution in [0.3, 0.4) is 0 Å². The molecule has 0 saturated heterocycles. The Morgan fingerprint density at radius 3 is 2.58 bits per heavy atom. The van der Waals surface area contributed by atoms with Crippen LogP contribution in [0.4, 0.5) is 0 Å². The van der Waals surface area contributed by atoms with Crippen molar-refractivity contribution in [2.45, 2.75) is 46.3 Å². The van der Waals surface area contributed by atoms with Crippen LogP contribution in [0.1, 0.15) is 46.0 Å². The highest BCUT2D eigenvalue weighted by Gasteiger charge is 2.27. The van der Waals surface area contributed by atoms with Gasteiger partial charge in [-0.3, -0.25) is 4.90 Å². The zero-order valence-corrected chi connectivity index (χ0v) is 16.1. The highest BCUT2D eigenvalue weighted by molar-refractivity contribution is 5.36. The minimum Gasteiger partial charge on any atom is -0.350 e. The molecule has 0 amide bonds. The van der Waals surface area contributed by atoms with Crippen molar-refractivity contribution in [3.8, 4) is 0 Å². The Hall–Kier alpha value is -2.32. The van der Waals surface area contributed by atoms with Crippen LogP contribution in [0.15, 0.2) is 60.8 Å². The predicted molar refractivity (Wildman–Crippen MR) is 108 cm³/mol. The first-order chi connectivity index (χ1) is 12.6. The SMILES string of the molecule is Cc1cccc(CN2CCCn3cccc3[C@@H]2c2ccc(C)c(C)c2)c1. The van der Waals surface area contributed by atoms with E-state index in [1.807, 2.05) is 0 Å². The van der Waals surface area contributed by atoms with Crippen molar-refractivity contribution in [3.63, 3.8) is 0 Å². The fourth-order valence-corrected chi connectivity index (χ4v) is 4.17. The minimum atomic E-state index is 0.312. The van der Waals surface area contributed by atoms with Gasteiger partial charge in [-0.25, -0.2) is 0 Å². The largest absolute Gasteiger partial charge is 0.350 e. The summed E-state index contributed by atoms with van der Waals surface area (Å²) >= 11 is 0. The summed E-state index contributed by atoms with van der Waals surface area (Å²) in [4.78, 5) is 2.65. The summed E-state index contributed by atoms with van der Waals surface area (Å²) in [5.41, 5.74) is 8.30. The maximum Gasteiger partial charge on any atom is 0.0759 e. The third-order valence-electron chi connectivity index (χ3n) is 5.67. The van der Waals surface area contributed by atoms with E-state index in [1.54, 1.807) is 0 Å². The molecule has 0 N–H and O–H groups in total. The Labute approximate surface area is 157 Å². The number of aromatic nitrogens is 1. The molecule has 0 saturated carbocycles. The molecule has 1 atom stereocenters. The van der Waals surface area contributed by atoms with Gasteiger partial charge in [-0.15, -0.1) is 0 Å². The van der Waals surface area contributed by atoms with Gasteiger partial charge in [0, 0.05) is 31.5 Å². The van der Waals surface area contributed by atoms with Crippen molar-refractivity contribution in [3.05, 3.63) is 94.3 Å². The molecule has 0 aliphatic carbocycles. The summed E-state index contributed by atoms with van der Waals surface area (Å²) in [6.45, 7) is 9.81. The first-order valence-electron chi connectivity index (χ1n) is 9.63. The lowest BCUT2D eigenvalue weighted by Gasteiger charge is -2.31. The van der Waals surface area contributed by atoms with Crippen molar-refractivity contribution in [1.29, 1.82) is 0 Å². The average Bonchev–Trinajstić information content (AvgIpc) is 3.00. The smallest absolute Gasteiger partial charge is 0.0759 e. The van der Waals surface area contributed by atoms with E-state index < -0.39 is 0 Å². The van der Waals surface area contributed by atoms with E-state index in [1.165, 1.54) is 39.9 Å². The zero-order chi connectivity index (χ0) is 18.1. The van der Waals surface area contributed by atoms with Crippen LogP contribution >= 0.6 is 0 Å². The molecule has 1 aliphatic rings. The third kappa shape index (κ3) is 3.34. The van der Waals surface area contributed by atoms with Gasteiger partial charge >= 0.3 is 0 Å². The van der Waals surface area contributed by atoms with Crippen molar-refractivity contribution in [1.82, 2.24) is 9.47 Å². The first kappa shape index (κ1) is 17.1. The summed E-state index contributed by atoms with van der Waals surface area (Å²) in [6.07, 6.45) is 3.42. The predicted octanol–water partition coefficient (Wildman–Crippen LogP) is 5.41. The summed E-state index contributed by atoms with van der Waals surface area (Å²) in [7, 11) is 0. The Morgan fingerprint density at radius 1 is 0.885 bits per heavy atom. The van der Waals surface area contributed by atoms with E-state index in [-0.39, 0.29) is 0 Å². The van der Waals surface area contributed by atoms with Gasteiger partial charge in [0.25, 0.3) is 0 Å². The lowest BCUT2D eigenvalue weighted by Crippen LogP contribution is -2.29. The highest BCUT2D eigenvalue weighted by atomic mass is 15.2. The average molecular weight is 345 g/mol. The molecule has 1 aromatic heterocycles. The molecule has 134 valence electrons. The second-order valence-corrected chi connectivity index (χ2v) is 7.69. The molecule has 0 unspecified atom stereocenters. The van der Waals surface area contributed by atoms with Crippen LogP contribution in [0.25, 0.3) is 0 Å². The van der Waals surface area contributed by atoms with Gasteiger partial charge < -0.3 is 4.57 Å². The van der Waals surface area contributed by atoms with Crippen molar-refractivity contribution in [2.24, 2.45) is 0 Å². The molecule has 0 fully saturated rings. The summed E-state index contributed by atoms with van der Waals surface area (Å²) in [5, 5.41) is 0. The molecule has 4 rings (SSSR count). The molecule has 2 aromatic carbocycles. The summed E-state index contributed by atoms with van der Waals surface area (Å²) in [5.74, 6) is 0. The molecule has 26 heavy (non-hydrogen) atoms. The Balaban J connectivity index is 1.76. The molecular weight excluding hydrogens is 316 g/mol. The maximum atomic E-state index is 2.65. The maximum absolute atomic E-state index is 2.65. The van der Waals surface area contributed by atoms with E-state index in [9.17, 15) is 0 Å². The van der Waals surface area contributed by atoms with Gasteiger partial charge in [0.05, 0.1) is 6.04 Å². The van der Waals surface area contributed by atoms with Gasteiger partial charge in [0.15, 0.2) is 0 Å². The van der Waals surface area contributed by atoms with Crippen LogP contribution in [-0.2, 0) is 13.1 Å².